The topological polar surface area (TPSA) is 29.0 Å². The first kappa shape index (κ1) is 18.9. The van der Waals surface area contributed by atoms with Crippen LogP contribution in [0.25, 0.3) is 10.8 Å². The van der Waals surface area contributed by atoms with E-state index in [2.05, 4.69) is 33.1 Å². The second-order valence-electron chi connectivity index (χ2n) is 7.37. The molecular formula is C22H22F3N3. The summed E-state index contributed by atoms with van der Waals surface area (Å²) in [6.45, 7) is 2.74. The zero-order chi connectivity index (χ0) is 19.6. The van der Waals surface area contributed by atoms with Crippen LogP contribution < -0.4 is 0 Å². The van der Waals surface area contributed by atoms with Gasteiger partial charge in [-0.3, -0.25) is 4.98 Å². The van der Waals surface area contributed by atoms with Crippen LogP contribution in [-0.2, 0) is 12.6 Å². The van der Waals surface area contributed by atoms with Crippen molar-refractivity contribution in [2.75, 3.05) is 19.6 Å². The minimum Gasteiger partial charge on any atom is -0.303 e. The molecular weight excluding hydrogens is 363 g/mol. The van der Waals surface area contributed by atoms with Crippen molar-refractivity contribution in [1.82, 2.24) is 14.9 Å². The lowest BCUT2D eigenvalue weighted by Crippen LogP contribution is -2.34. The van der Waals surface area contributed by atoms with Crippen LogP contribution >= 0.6 is 0 Å². The van der Waals surface area contributed by atoms with Gasteiger partial charge >= 0.3 is 6.18 Å². The third kappa shape index (κ3) is 4.33. The number of fused-ring (bicyclic) bond motifs is 1. The molecule has 1 aliphatic rings. The number of alkyl halides is 3. The van der Waals surface area contributed by atoms with E-state index < -0.39 is 11.9 Å². The molecule has 2 aromatic heterocycles. The number of hydrogen-bond donors (Lipinski definition) is 0. The number of halogens is 3. The summed E-state index contributed by atoms with van der Waals surface area (Å²) in [5.74, 6) is 0.103. The lowest BCUT2D eigenvalue weighted by Gasteiger charge is -2.31. The number of piperidine rings is 1. The summed E-state index contributed by atoms with van der Waals surface area (Å²) in [5.41, 5.74) is 1.07. The highest BCUT2D eigenvalue weighted by Gasteiger charge is 2.33. The number of benzene rings is 1. The van der Waals surface area contributed by atoms with Crippen molar-refractivity contribution in [3.8, 4) is 0 Å². The standard InChI is InChI=1S/C22H22F3N3/c23-22(24,25)21-3-1-2-20(27-21)17-8-12-28(13-9-17)11-7-16-4-5-19-15-26-10-6-18(19)14-16/h1-6,10,14-15,17H,7-9,11-13H2. The Morgan fingerprint density at radius 2 is 1.82 bits per heavy atom. The number of nitrogens with zero attached hydrogens (tertiary/aromatic N) is 3. The molecule has 1 aromatic carbocycles. The van der Waals surface area contributed by atoms with Gasteiger partial charge in [0.1, 0.15) is 5.69 Å². The minimum absolute atomic E-state index is 0.103. The summed E-state index contributed by atoms with van der Waals surface area (Å²) in [7, 11) is 0. The molecule has 6 heteroatoms. The number of aromatic nitrogens is 2. The lowest BCUT2D eigenvalue weighted by molar-refractivity contribution is -0.141. The molecule has 1 aliphatic heterocycles. The summed E-state index contributed by atoms with van der Waals surface area (Å²) in [6.07, 6.45) is 1.94. The highest BCUT2D eigenvalue weighted by molar-refractivity contribution is 5.81. The first-order valence-corrected chi connectivity index (χ1v) is 9.58. The third-order valence-corrected chi connectivity index (χ3v) is 5.49. The fourth-order valence-electron chi connectivity index (χ4n) is 3.86. The van der Waals surface area contributed by atoms with Crippen LogP contribution in [0.3, 0.4) is 0 Å². The molecule has 28 heavy (non-hydrogen) atoms. The van der Waals surface area contributed by atoms with Gasteiger partial charge in [0.25, 0.3) is 0 Å². The Bertz CT molecular complexity index is 947. The van der Waals surface area contributed by atoms with Crippen LogP contribution in [0.1, 0.15) is 35.7 Å². The first-order chi connectivity index (χ1) is 13.5. The maximum atomic E-state index is 12.9. The van der Waals surface area contributed by atoms with E-state index in [1.54, 1.807) is 12.3 Å². The van der Waals surface area contributed by atoms with E-state index in [4.69, 9.17) is 0 Å². The number of rotatable bonds is 4. The third-order valence-electron chi connectivity index (χ3n) is 5.49. The smallest absolute Gasteiger partial charge is 0.303 e. The molecule has 0 saturated carbocycles. The van der Waals surface area contributed by atoms with Crippen LogP contribution in [0.15, 0.2) is 54.9 Å². The first-order valence-electron chi connectivity index (χ1n) is 9.58. The SMILES string of the molecule is FC(F)(F)c1cccc(C2CCN(CCc3ccc4cnccc4c3)CC2)n1. The molecule has 3 heterocycles. The Hall–Kier alpha value is -2.47. The van der Waals surface area contributed by atoms with Gasteiger partial charge in [0.05, 0.1) is 0 Å². The predicted octanol–water partition coefficient (Wildman–Crippen LogP) is 5.07. The predicted molar refractivity (Wildman–Crippen MR) is 103 cm³/mol. The molecule has 0 atom stereocenters. The average molecular weight is 385 g/mol. The fraction of sp³-hybridized carbons (Fsp3) is 0.364. The normalized spacial score (nSPS) is 16.5. The molecule has 3 nitrogen and oxygen atoms in total. The van der Waals surface area contributed by atoms with Gasteiger partial charge in [0.15, 0.2) is 0 Å². The zero-order valence-electron chi connectivity index (χ0n) is 15.5. The Morgan fingerprint density at radius 1 is 1.00 bits per heavy atom. The fourth-order valence-corrected chi connectivity index (χ4v) is 3.86. The Balaban J connectivity index is 1.33. The van der Waals surface area contributed by atoms with Gasteiger partial charge < -0.3 is 4.90 Å². The largest absolute Gasteiger partial charge is 0.433 e. The van der Waals surface area contributed by atoms with Crippen molar-refractivity contribution < 1.29 is 13.2 Å². The summed E-state index contributed by atoms with van der Waals surface area (Å²) < 4.78 is 38.6. The van der Waals surface area contributed by atoms with Crippen molar-refractivity contribution in [3.05, 3.63) is 71.8 Å². The van der Waals surface area contributed by atoms with Crippen LogP contribution in [-0.4, -0.2) is 34.5 Å². The van der Waals surface area contributed by atoms with E-state index in [-0.39, 0.29) is 5.92 Å². The van der Waals surface area contributed by atoms with Gasteiger partial charge in [-0.2, -0.15) is 13.2 Å². The summed E-state index contributed by atoms with van der Waals surface area (Å²) in [4.78, 5) is 10.4. The molecule has 0 N–H and O–H groups in total. The molecule has 0 unspecified atom stereocenters. The monoisotopic (exact) mass is 385 g/mol. The van der Waals surface area contributed by atoms with Gasteiger partial charge in [-0.1, -0.05) is 24.3 Å². The summed E-state index contributed by atoms with van der Waals surface area (Å²) >= 11 is 0. The maximum Gasteiger partial charge on any atom is 0.433 e. The van der Waals surface area contributed by atoms with E-state index >= 15 is 0 Å². The number of pyridine rings is 2. The van der Waals surface area contributed by atoms with Crippen LogP contribution in [0.2, 0.25) is 0 Å². The second-order valence-corrected chi connectivity index (χ2v) is 7.37. The van der Waals surface area contributed by atoms with Crippen molar-refractivity contribution in [3.63, 3.8) is 0 Å². The minimum atomic E-state index is -4.38. The van der Waals surface area contributed by atoms with E-state index in [0.29, 0.717) is 5.69 Å². The number of likely N-dealkylation sites (tertiary alicyclic amines) is 1. The van der Waals surface area contributed by atoms with Crippen molar-refractivity contribution in [2.24, 2.45) is 0 Å². The molecule has 0 aliphatic carbocycles. The van der Waals surface area contributed by atoms with Crippen molar-refractivity contribution in [1.29, 1.82) is 0 Å². The molecule has 0 spiro atoms. The highest BCUT2D eigenvalue weighted by atomic mass is 19.4. The number of hydrogen-bond acceptors (Lipinski definition) is 3. The van der Waals surface area contributed by atoms with E-state index in [1.807, 2.05) is 12.3 Å². The second kappa shape index (κ2) is 7.87. The van der Waals surface area contributed by atoms with Crippen LogP contribution in [0, 0.1) is 0 Å². The van der Waals surface area contributed by atoms with E-state index in [1.165, 1.54) is 17.0 Å². The molecule has 0 bridgehead atoms. The molecule has 3 aromatic rings. The van der Waals surface area contributed by atoms with E-state index in [9.17, 15) is 13.2 Å². The summed E-state index contributed by atoms with van der Waals surface area (Å²) in [5, 5.41) is 2.34. The van der Waals surface area contributed by atoms with E-state index in [0.717, 1.165) is 50.3 Å². The Morgan fingerprint density at radius 3 is 2.61 bits per heavy atom. The molecule has 0 amide bonds. The lowest BCUT2D eigenvalue weighted by atomic mass is 9.92. The molecule has 1 fully saturated rings. The molecule has 4 rings (SSSR count). The van der Waals surface area contributed by atoms with Crippen LogP contribution in [0.4, 0.5) is 13.2 Å². The van der Waals surface area contributed by atoms with Crippen LogP contribution in [0.5, 0.6) is 0 Å². The Kier molecular flexibility index (Phi) is 5.31. The maximum absolute atomic E-state index is 12.9. The zero-order valence-corrected chi connectivity index (χ0v) is 15.5. The van der Waals surface area contributed by atoms with Gasteiger partial charge in [0.2, 0.25) is 0 Å². The quantitative estimate of drug-likeness (QED) is 0.628. The molecule has 0 radical (unpaired) electrons. The van der Waals surface area contributed by atoms with Gasteiger partial charge in [0, 0.05) is 35.9 Å². The highest BCUT2D eigenvalue weighted by Crippen LogP contribution is 2.31. The van der Waals surface area contributed by atoms with Crippen molar-refractivity contribution >= 4 is 10.8 Å². The van der Waals surface area contributed by atoms with Gasteiger partial charge in [-0.15, -0.1) is 0 Å². The average Bonchev–Trinajstić information content (AvgIpc) is 2.72. The van der Waals surface area contributed by atoms with Gasteiger partial charge in [-0.05, 0) is 61.5 Å². The summed E-state index contributed by atoms with van der Waals surface area (Å²) in [6, 6.07) is 12.7. The van der Waals surface area contributed by atoms with Gasteiger partial charge in [-0.25, -0.2) is 4.98 Å². The Labute approximate surface area is 162 Å². The molecule has 146 valence electrons. The van der Waals surface area contributed by atoms with Crippen molar-refractivity contribution in [2.45, 2.75) is 31.4 Å². The molecule has 1 saturated heterocycles.